The quantitative estimate of drug-likeness (QED) is 0.0598. The first-order chi connectivity index (χ1) is 24.7. The second-order valence-electron chi connectivity index (χ2n) is 11.1. The summed E-state index contributed by atoms with van der Waals surface area (Å²) in [6.45, 7) is 6.35. The topological polar surface area (TPSA) is 123 Å². The van der Waals surface area contributed by atoms with Crippen molar-refractivity contribution >= 4 is 63.6 Å². The Kier molecular flexibility index (Phi) is 12.8. The van der Waals surface area contributed by atoms with Crippen molar-refractivity contribution in [3.63, 3.8) is 0 Å². The van der Waals surface area contributed by atoms with Crippen LogP contribution in [0.4, 0.5) is 10.7 Å². The summed E-state index contributed by atoms with van der Waals surface area (Å²) in [6, 6.07) is 30.7. The third-order valence-electron chi connectivity index (χ3n) is 7.38. The number of aryl methyl sites for hydroxylation is 1. The van der Waals surface area contributed by atoms with Gasteiger partial charge in [0, 0.05) is 27.1 Å². The van der Waals surface area contributed by atoms with Crippen molar-refractivity contribution in [1.82, 2.24) is 5.32 Å². The van der Waals surface area contributed by atoms with E-state index >= 15 is 0 Å². The average molecular weight is 720 g/mol. The van der Waals surface area contributed by atoms with Gasteiger partial charge in [0.1, 0.15) is 22.0 Å². The number of carbonyl (C=O) groups excluding carboxylic acids is 4. The van der Waals surface area contributed by atoms with Gasteiger partial charge in [0.05, 0.1) is 19.0 Å². The summed E-state index contributed by atoms with van der Waals surface area (Å²) in [5.74, 6) is -1.02. The molecule has 260 valence electrons. The minimum Gasteiger partial charge on any atom is -0.494 e. The molecular weight excluding hydrogens is 683 g/mol. The Hall–Kier alpha value is -5.65. The molecule has 0 radical (unpaired) electrons. The molecule has 51 heavy (non-hydrogen) atoms. The number of thioether (sulfide) groups is 1. The van der Waals surface area contributed by atoms with E-state index in [0.717, 1.165) is 16.0 Å². The molecule has 3 N–H and O–H groups in total. The molecule has 1 heterocycles. The van der Waals surface area contributed by atoms with Gasteiger partial charge in [-0.2, -0.15) is 0 Å². The largest absolute Gasteiger partial charge is 0.494 e. The van der Waals surface area contributed by atoms with Crippen LogP contribution in [0, 0.1) is 6.92 Å². The third-order valence-corrected chi connectivity index (χ3v) is 9.27. The lowest BCUT2D eigenvalue weighted by atomic mass is 10.0. The Morgan fingerprint density at radius 1 is 0.824 bits per heavy atom. The summed E-state index contributed by atoms with van der Waals surface area (Å²) in [7, 11) is 0. The number of hydrogen-bond donors (Lipinski definition) is 3. The monoisotopic (exact) mass is 719 g/mol. The van der Waals surface area contributed by atoms with Gasteiger partial charge in [0.2, 0.25) is 5.91 Å². The maximum absolute atomic E-state index is 13.6. The fourth-order valence-electron chi connectivity index (χ4n) is 4.91. The lowest BCUT2D eigenvalue weighted by Crippen LogP contribution is -2.30. The number of ether oxygens (including phenoxy) is 2. The van der Waals surface area contributed by atoms with E-state index in [9.17, 15) is 19.2 Å². The number of amides is 3. The Bertz CT molecular complexity index is 2020. The van der Waals surface area contributed by atoms with Crippen molar-refractivity contribution in [1.29, 1.82) is 0 Å². The zero-order chi connectivity index (χ0) is 36.2. The van der Waals surface area contributed by atoms with Crippen LogP contribution in [0.1, 0.15) is 45.7 Å². The molecule has 0 fully saturated rings. The molecule has 1 aromatic heterocycles. The van der Waals surface area contributed by atoms with Crippen molar-refractivity contribution in [2.45, 2.75) is 25.7 Å². The molecule has 11 heteroatoms. The van der Waals surface area contributed by atoms with Crippen molar-refractivity contribution in [3.05, 3.63) is 136 Å². The van der Waals surface area contributed by atoms with Crippen LogP contribution in [-0.4, -0.2) is 42.7 Å². The van der Waals surface area contributed by atoms with Crippen LogP contribution in [0.2, 0.25) is 0 Å². The predicted octanol–water partition coefficient (Wildman–Crippen LogP) is 8.44. The molecule has 0 atom stereocenters. The molecule has 0 bridgehead atoms. The number of thiophene rings is 1. The molecule has 0 aliphatic rings. The van der Waals surface area contributed by atoms with Gasteiger partial charge in [-0.25, -0.2) is 4.79 Å². The number of anilines is 2. The van der Waals surface area contributed by atoms with Gasteiger partial charge in [-0.1, -0.05) is 66.2 Å². The van der Waals surface area contributed by atoms with Crippen LogP contribution >= 0.6 is 23.1 Å². The van der Waals surface area contributed by atoms with E-state index in [1.165, 1.54) is 23.1 Å². The maximum atomic E-state index is 13.6. The van der Waals surface area contributed by atoms with Crippen LogP contribution in [-0.2, 0) is 14.3 Å². The van der Waals surface area contributed by atoms with Crippen LogP contribution in [0.15, 0.2) is 119 Å². The first-order valence-corrected chi connectivity index (χ1v) is 18.1. The van der Waals surface area contributed by atoms with E-state index in [1.807, 2.05) is 49.6 Å². The summed E-state index contributed by atoms with van der Waals surface area (Å²) in [5, 5.41) is 10.7. The van der Waals surface area contributed by atoms with Crippen LogP contribution < -0.4 is 20.7 Å². The maximum Gasteiger partial charge on any atom is 0.341 e. The fraction of sp³-hybridized carbons (Fsp3) is 0.150. The van der Waals surface area contributed by atoms with Gasteiger partial charge in [0.25, 0.3) is 11.8 Å². The summed E-state index contributed by atoms with van der Waals surface area (Å²) in [5.41, 5.74) is 4.58. The van der Waals surface area contributed by atoms with Gasteiger partial charge in [-0.05, 0) is 80.4 Å². The minimum atomic E-state index is -0.526. The van der Waals surface area contributed by atoms with E-state index in [1.54, 1.807) is 85.8 Å². The second-order valence-corrected chi connectivity index (χ2v) is 13.1. The Morgan fingerprint density at radius 3 is 2.27 bits per heavy atom. The summed E-state index contributed by atoms with van der Waals surface area (Å²) in [4.78, 5) is 53.4. The van der Waals surface area contributed by atoms with E-state index < -0.39 is 17.8 Å². The van der Waals surface area contributed by atoms with Gasteiger partial charge >= 0.3 is 5.97 Å². The first-order valence-electron chi connectivity index (χ1n) is 16.2. The van der Waals surface area contributed by atoms with Gasteiger partial charge in [-0.15, -0.1) is 23.1 Å². The minimum absolute atomic E-state index is 0.0452. The number of hydrogen-bond acceptors (Lipinski definition) is 8. The van der Waals surface area contributed by atoms with E-state index in [2.05, 4.69) is 16.0 Å². The van der Waals surface area contributed by atoms with Crippen LogP contribution in [0.3, 0.4) is 0 Å². The van der Waals surface area contributed by atoms with Gasteiger partial charge in [-0.3, -0.25) is 14.4 Å². The van der Waals surface area contributed by atoms with Crippen molar-refractivity contribution in [2.24, 2.45) is 0 Å². The fourth-order valence-corrected chi connectivity index (χ4v) is 6.64. The smallest absolute Gasteiger partial charge is 0.341 e. The number of carbonyl (C=O) groups is 4. The SMILES string of the molecule is CCOC(=O)c1c(-c2ccc(C)cc2)csc1NC(=O)CSc1cccc(NC(=O)/C(=C\c2ccc(OCC)cc2)NC(=O)c2ccccc2)c1. The highest BCUT2D eigenvalue weighted by Crippen LogP contribution is 2.36. The molecular formula is C40H37N3O6S2. The highest BCUT2D eigenvalue weighted by atomic mass is 32.2. The molecule has 0 aliphatic carbocycles. The van der Waals surface area contributed by atoms with Crippen molar-refractivity contribution in [3.8, 4) is 16.9 Å². The molecule has 9 nitrogen and oxygen atoms in total. The molecule has 3 amide bonds. The standard InChI is InChI=1S/C40H37N3O6S2/c1-4-48-31-20-16-27(17-21-31)22-34(42-37(45)29-10-7-6-8-11-29)38(46)41-30-12-9-13-32(23-30)50-25-35(44)43-39-36(40(47)49-5-2)33(24-51-39)28-18-14-26(3)15-19-28/h6-24H,4-5,25H2,1-3H3,(H,41,46)(H,42,45)(H,43,44)/b34-22+. The molecule has 5 aromatic rings. The van der Waals surface area contributed by atoms with Crippen molar-refractivity contribution < 1.29 is 28.7 Å². The molecule has 0 aliphatic heterocycles. The molecule has 4 aromatic carbocycles. The normalized spacial score (nSPS) is 11.0. The summed E-state index contributed by atoms with van der Waals surface area (Å²) in [6.07, 6.45) is 1.59. The molecule has 0 unspecified atom stereocenters. The van der Waals surface area contributed by atoms with Crippen molar-refractivity contribution in [2.75, 3.05) is 29.6 Å². The molecule has 5 rings (SSSR count). The molecule has 0 saturated carbocycles. The summed E-state index contributed by atoms with van der Waals surface area (Å²) < 4.78 is 10.8. The number of esters is 1. The summed E-state index contributed by atoms with van der Waals surface area (Å²) >= 11 is 2.54. The van der Waals surface area contributed by atoms with E-state index in [0.29, 0.717) is 45.3 Å². The second kappa shape index (κ2) is 17.8. The van der Waals surface area contributed by atoms with Gasteiger partial charge < -0.3 is 25.4 Å². The predicted molar refractivity (Wildman–Crippen MR) is 204 cm³/mol. The highest BCUT2D eigenvalue weighted by molar-refractivity contribution is 8.00. The zero-order valence-corrected chi connectivity index (χ0v) is 30.0. The number of benzene rings is 4. The molecule has 0 saturated heterocycles. The lowest BCUT2D eigenvalue weighted by Gasteiger charge is -2.12. The number of nitrogens with one attached hydrogen (secondary N) is 3. The average Bonchev–Trinajstić information content (AvgIpc) is 3.55. The van der Waals surface area contributed by atoms with E-state index in [4.69, 9.17) is 9.47 Å². The molecule has 0 spiro atoms. The zero-order valence-electron chi connectivity index (χ0n) is 28.4. The van der Waals surface area contributed by atoms with Gasteiger partial charge in [0.15, 0.2) is 0 Å². The van der Waals surface area contributed by atoms with Crippen LogP contribution in [0.25, 0.3) is 17.2 Å². The number of rotatable bonds is 14. The Labute approximate surface area is 305 Å². The first kappa shape index (κ1) is 36.6. The third kappa shape index (κ3) is 10.2. The lowest BCUT2D eigenvalue weighted by molar-refractivity contribution is -0.114. The Balaban J connectivity index is 1.27. The Morgan fingerprint density at radius 2 is 1.57 bits per heavy atom. The van der Waals surface area contributed by atoms with Crippen LogP contribution in [0.5, 0.6) is 5.75 Å². The highest BCUT2D eigenvalue weighted by Gasteiger charge is 2.23. The van der Waals surface area contributed by atoms with E-state index in [-0.39, 0.29) is 24.0 Å².